The molecule has 1 aromatic rings. The zero-order valence-corrected chi connectivity index (χ0v) is 8.74. The smallest absolute Gasteiger partial charge is 0.0897 e. The molecule has 0 aliphatic rings. The quantitative estimate of drug-likeness (QED) is 0.775. The number of thiazole rings is 1. The summed E-state index contributed by atoms with van der Waals surface area (Å²) >= 11 is 1.74. The Morgan fingerprint density at radius 1 is 1.67 bits per heavy atom. The maximum absolute atomic E-state index is 4.48. The van der Waals surface area contributed by atoms with Gasteiger partial charge in [0.25, 0.3) is 0 Å². The minimum absolute atomic E-state index is 0.583. The van der Waals surface area contributed by atoms with Crippen molar-refractivity contribution in [3.8, 4) is 0 Å². The van der Waals surface area contributed by atoms with E-state index in [1.807, 2.05) is 7.05 Å². The second kappa shape index (κ2) is 4.58. The first kappa shape index (κ1) is 9.68. The summed E-state index contributed by atoms with van der Waals surface area (Å²) in [4.78, 5) is 4.48. The van der Waals surface area contributed by atoms with Crippen LogP contribution in [0.2, 0.25) is 0 Å². The minimum Gasteiger partial charge on any atom is -0.319 e. The van der Waals surface area contributed by atoms with E-state index in [1.165, 1.54) is 10.7 Å². The molecule has 0 bridgehead atoms. The highest BCUT2D eigenvalue weighted by Crippen LogP contribution is 2.20. The first-order chi connectivity index (χ1) is 5.77. The molecule has 0 aromatic carbocycles. The molecule has 0 saturated heterocycles. The van der Waals surface area contributed by atoms with Crippen LogP contribution in [0, 0.1) is 6.92 Å². The van der Waals surface area contributed by atoms with Crippen molar-refractivity contribution in [2.45, 2.75) is 26.2 Å². The molecule has 12 heavy (non-hydrogen) atoms. The lowest BCUT2D eigenvalue weighted by atomic mass is 10.0. The number of nitrogens with one attached hydrogen (secondary N) is 1. The van der Waals surface area contributed by atoms with Crippen LogP contribution in [-0.2, 0) is 0 Å². The molecule has 0 radical (unpaired) electrons. The summed E-state index contributed by atoms with van der Waals surface area (Å²) in [6, 6.07) is 0. The van der Waals surface area contributed by atoms with Gasteiger partial charge in [0.2, 0.25) is 0 Å². The fourth-order valence-electron chi connectivity index (χ4n) is 1.27. The summed E-state index contributed by atoms with van der Waals surface area (Å²) in [6.45, 7) is 5.29. The molecule has 68 valence electrons. The fraction of sp³-hybridized carbons (Fsp3) is 0.667. The van der Waals surface area contributed by atoms with Crippen molar-refractivity contribution in [1.29, 1.82) is 0 Å². The molecule has 3 heteroatoms. The Bertz CT molecular complexity index is 232. The molecule has 1 aromatic heterocycles. The standard InChI is InChI=1S/C9H16N2S/c1-4-8(5-10-3)9-6-12-7(2)11-9/h6,8,10H,4-5H2,1-3H3. The van der Waals surface area contributed by atoms with Crippen LogP contribution in [0.3, 0.4) is 0 Å². The largest absolute Gasteiger partial charge is 0.319 e. The number of aryl methyl sites for hydroxylation is 1. The van der Waals surface area contributed by atoms with E-state index < -0.39 is 0 Å². The predicted octanol–water partition coefficient (Wildman–Crippen LogP) is 2.16. The van der Waals surface area contributed by atoms with Crippen LogP contribution >= 0.6 is 11.3 Å². The summed E-state index contributed by atoms with van der Waals surface area (Å²) < 4.78 is 0. The van der Waals surface area contributed by atoms with Crippen molar-refractivity contribution in [2.75, 3.05) is 13.6 Å². The number of hydrogen-bond donors (Lipinski definition) is 1. The number of hydrogen-bond acceptors (Lipinski definition) is 3. The zero-order valence-electron chi connectivity index (χ0n) is 7.92. The van der Waals surface area contributed by atoms with Gasteiger partial charge in [0.15, 0.2) is 0 Å². The van der Waals surface area contributed by atoms with E-state index in [2.05, 4.69) is 29.5 Å². The average Bonchev–Trinajstić information content (AvgIpc) is 2.47. The third-order valence-corrected chi connectivity index (χ3v) is 2.79. The lowest BCUT2D eigenvalue weighted by Crippen LogP contribution is -2.16. The molecular weight excluding hydrogens is 168 g/mol. The molecule has 0 fully saturated rings. The van der Waals surface area contributed by atoms with Crippen LogP contribution in [0.4, 0.5) is 0 Å². The van der Waals surface area contributed by atoms with E-state index in [-0.39, 0.29) is 0 Å². The monoisotopic (exact) mass is 184 g/mol. The Balaban J connectivity index is 2.66. The normalized spacial score (nSPS) is 13.2. The molecule has 1 heterocycles. The summed E-state index contributed by atoms with van der Waals surface area (Å²) in [7, 11) is 1.99. The van der Waals surface area contributed by atoms with Gasteiger partial charge in [0.05, 0.1) is 10.7 Å². The van der Waals surface area contributed by atoms with E-state index in [4.69, 9.17) is 0 Å². The highest BCUT2D eigenvalue weighted by Gasteiger charge is 2.10. The Hall–Kier alpha value is -0.410. The van der Waals surface area contributed by atoms with Gasteiger partial charge >= 0.3 is 0 Å². The molecular formula is C9H16N2S. The first-order valence-electron chi connectivity index (χ1n) is 4.34. The Morgan fingerprint density at radius 2 is 2.42 bits per heavy atom. The van der Waals surface area contributed by atoms with E-state index in [0.717, 1.165) is 13.0 Å². The number of likely N-dealkylation sites (N-methyl/N-ethyl adjacent to an activating group) is 1. The lowest BCUT2D eigenvalue weighted by molar-refractivity contribution is 0.599. The lowest BCUT2D eigenvalue weighted by Gasteiger charge is -2.10. The second-order valence-electron chi connectivity index (χ2n) is 2.95. The number of nitrogens with zero attached hydrogens (tertiary/aromatic N) is 1. The summed E-state index contributed by atoms with van der Waals surface area (Å²) in [5.74, 6) is 0.583. The van der Waals surface area contributed by atoms with Gasteiger partial charge < -0.3 is 5.32 Å². The number of aromatic nitrogens is 1. The van der Waals surface area contributed by atoms with Gasteiger partial charge in [-0.25, -0.2) is 4.98 Å². The summed E-state index contributed by atoms with van der Waals surface area (Å²) in [5.41, 5.74) is 1.24. The zero-order chi connectivity index (χ0) is 8.97. The van der Waals surface area contributed by atoms with Gasteiger partial charge in [0, 0.05) is 17.8 Å². The molecule has 1 rings (SSSR count). The van der Waals surface area contributed by atoms with Crippen molar-refractivity contribution in [3.05, 3.63) is 16.1 Å². The number of rotatable bonds is 4. The SMILES string of the molecule is CCC(CNC)c1csc(C)n1. The highest BCUT2D eigenvalue weighted by molar-refractivity contribution is 7.09. The van der Waals surface area contributed by atoms with Gasteiger partial charge in [-0.05, 0) is 20.4 Å². The van der Waals surface area contributed by atoms with Gasteiger partial charge in [-0.15, -0.1) is 11.3 Å². The maximum atomic E-state index is 4.48. The van der Waals surface area contributed by atoms with Crippen molar-refractivity contribution >= 4 is 11.3 Å². The second-order valence-corrected chi connectivity index (χ2v) is 4.02. The van der Waals surface area contributed by atoms with Crippen LogP contribution < -0.4 is 5.32 Å². The van der Waals surface area contributed by atoms with Crippen molar-refractivity contribution < 1.29 is 0 Å². The van der Waals surface area contributed by atoms with Crippen molar-refractivity contribution in [1.82, 2.24) is 10.3 Å². The molecule has 0 aliphatic carbocycles. The molecule has 0 spiro atoms. The molecule has 1 unspecified atom stereocenters. The molecule has 1 atom stereocenters. The Kier molecular flexibility index (Phi) is 3.69. The maximum Gasteiger partial charge on any atom is 0.0897 e. The Morgan fingerprint density at radius 3 is 2.83 bits per heavy atom. The summed E-state index contributed by atoms with van der Waals surface area (Å²) in [5, 5.41) is 6.52. The Labute approximate surface area is 78.0 Å². The first-order valence-corrected chi connectivity index (χ1v) is 5.22. The van der Waals surface area contributed by atoms with Gasteiger partial charge in [-0.1, -0.05) is 6.92 Å². The van der Waals surface area contributed by atoms with Gasteiger partial charge in [-0.3, -0.25) is 0 Å². The molecule has 1 N–H and O–H groups in total. The summed E-state index contributed by atoms with van der Waals surface area (Å²) in [6.07, 6.45) is 1.16. The molecule has 0 amide bonds. The van der Waals surface area contributed by atoms with Crippen molar-refractivity contribution in [2.24, 2.45) is 0 Å². The van der Waals surface area contributed by atoms with Crippen LogP contribution in [-0.4, -0.2) is 18.6 Å². The minimum atomic E-state index is 0.583. The van der Waals surface area contributed by atoms with E-state index in [0.29, 0.717) is 5.92 Å². The van der Waals surface area contributed by atoms with Gasteiger partial charge in [0.1, 0.15) is 0 Å². The molecule has 2 nitrogen and oxygen atoms in total. The third kappa shape index (κ3) is 2.29. The van der Waals surface area contributed by atoms with E-state index >= 15 is 0 Å². The van der Waals surface area contributed by atoms with Crippen LogP contribution in [0.25, 0.3) is 0 Å². The topological polar surface area (TPSA) is 24.9 Å². The average molecular weight is 184 g/mol. The van der Waals surface area contributed by atoms with Crippen LogP contribution in [0.15, 0.2) is 5.38 Å². The van der Waals surface area contributed by atoms with Crippen LogP contribution in [0.1, 0.15) is 30.0 Å². The van der Waals surface area contributed by atoms with Crippen LogP contribution in [0.5, 0.6) is 0 Å². The third-order valence-electron chi connectivity index (χ3n) is 2.00. The fourth-order valence-corrected chi connectivity index (χ4v) is 1.97. The van der Waals surface area contributed by atoms with E-state index in [1.54, 1.807) is 11.3 Å². The molecule has 0 saturated carbocycles. The van der Waals surface area contributed by atoms with Crippen molar-refractivity contribution in [3.63, 3.8) is 0 Å². The highest BCUT2D eigenvalue weighted by atomic mass is 32.1. The van der Waals surface area contributed by atoms with E-state index in [9.17, 15) is 0 Å². The van der Waals surface area contributed by atoms with Gasteiger partial charge in [-0.2, -0.15) is 0 Å². The molecule has 0 aliphatic heterocycles. The predicted molar refractivity (Wildman–Crippen MR) is 53.8 cm³/mol.